The van der Waals surface area contributed by atoms with Gasteiger partial charge in [0.2, 0.25) is 5.91 Å². The van der Waals surface area contributed by atoms with Crippen molar-refractivity contribution < 1.29 is 9.53 Å². The van der Waals surface area contributed by atoms with Crippen LogP contribution < -0.4 is 4.90 Å². The van der Waals surface area contributed by atoms with Crippen LogP contribution in [-0.2, 0) is 9.53 Å². The summed E-state index contributed by atoms with van der Waals surface area (Å²) in [5.41, 5.74) is 0. The second-order valence-corrected chi connectivity index (χ2v) is 5.16. The monoisotopic (exact) mass is 261 g/mol. The predicted molar refractivity (Wildman–Crippen MR) is 72.0 cm³/mol. The van der Waals surface area contributed by atoms with Gasteiger partial charge in [-0.25, -0.2) is 4.98 Å². The Morgan fingerprint density at radius 3 is 2.63 bits per heavy atom. The van der Waals surface area contributed by atoms with E-state index < -0.39 is 0 Å². The van der Waals surface area contributed by atoms with Crippen molar-refractivity contribution >= 4 is 11.7 Å². The second kappa shape index (κ2) is 5.57. The molecule has 102 valence electrons. The molecule has 2 aliphatic heterocycles. The third-order valence-electron chi connectivity index (χ3n) is 3.78. The minimum atomic E-state index is 0.272. The molecular formula is C14H19N3O2. The average Bonchev–Trinajstić information content (AvgIpc) is 2.44. The lowest BCUT2D eigenvalue weighted by atomic mass is 10.0. The van der Waals surface area contributed by atoms with Crippen LogP contribution in [0.5, 0.6) is 0 Å². The molecule has 5 heteroatoms. The number of hydrogen-bond donors (Lipinski definition) is 0. The quantitative estimate of drug-likeness (QED) is 0.806. The highest BCUT2D eigenvalue weighted by molar-refractivity contribution is 5.76. The molecule has 2 fully saturated rings. The van der Waals surface area contributed by atoms with Crippen molar-refractivity contribution in [2.75, 3.05) is 44.3 Å². The van der Waals surface area contributed by atoms with Crippen LogP contribution in [0.1, 0.15) is 6.42 Å². The van der Waals surface area contributed by atoms with Gasteiger partial charge >= 0.3 is 0 Å². The largest absolute Gasteiger partial charge is 0.381 e. The maximum absolute atomic E-state index is 12.1. The van der Waals surface area contributed by atoms with Gasteiger partial charge in [0.15, 0.2) is 0 Å². The maximum atomic E-state index is 12.1. The summed E-state index contributed by atoms with van der Waals surface area (Å²) in [6.07, 6.45) is 2.45. The highest BCUT2D eigenvalue weighted by atomic mass is 16.5. The normalized spacial score (nSPS) is 20.2. The summed E-state index contributed by atoms with van der Waals surface area (Å²) in [4.78, 5) is 20.6. The molecule has 0 N–H and O–H groups in total. The molecule has 3 rings (SSSR count). The Hall–Kier alpha value is -1.62. The molecule has 0 aromatic carbocycles. The minimum absolute atomic E-state index is 0.272. The Bertz CT molecular complexity index is 426. The minimum Gasteiger partial charge on any atom is -0.381 e. The van der Waals surface area contributed by atoms with E-state index in [-0.39, 0.29) is 5.91 Å². The number of piperazine rings is 1. The van der Waals surface area contributed by atoms with Crippen molar-refractivity contribution in [2.45, 2.75) is 6.42 Å². The molecule has 3 heterocycles. The smallest absolute Gasteiger partial charge is 0.223 e. The molecule has 0 spiro atoms. The summed E-state index contributed by atoms with van der Waals surface area (Å²) in [5.74, 6) is 1.72. The number of carbonyl (C=O) groups excluding carboxylic acids is 1. The standard InChI is InChI=1S/C14H19N3O2/c18-14(9-12-10-19-11-12)17-7-5-16(6-8-17)13-3-1-2-4-15-13/h1-4,12H,5-11H2. The van der Waals surface area contributed by atoms with E-state index in [9.17, 15) is 4.79 Å². The molecule has 5 nitrogen and oxygen atoms in total. The van der Waals surface area contributed by atoms with Gasteiger partial charge in [0.05, 0.1) is 13.2 Å². The molecule has 1 amide bonds. The number of anilines is 1. The zero-order valence-electron chi connectivity index (χ0n) is 11.0. The molecule has 1 aromatic heterocycles. The van der Waals surface area contributed by atoms with Crippen LogP contribution in [0.4, 0.5) is 5.82 Å². The summed E-state index contributed by atoms with van der Waals surface area (Å²) < 4.78 is 5.11. The molecule has 0 saturated carbocycles. The molecule has 1 aromatic rings. The Morgan fingerprint density at radius 1 is 1.26 bits per heavy atom. The lowest BCUT2D eigenvalue weighted by Crippen LogP contribution is -2.50. The first-order chi connectivity index (χ1) is 9.33. The number of nitrogens with zero attached hydrogens (tertiary/aromatic N) is 3. The highest BCUT2D eigenvalue weighted by Gasteiger charge is 2.27. The van der Waals surface area contributed by atoms with E-state index in [2.05, 4.69) is 9.88 Å². The van der Waals surface area contributed by atoms with Crippen molar-refractivity contribution in [1.29, 1.82) is 0 Å². The van der Waals surface area contributed by atoms with Crippen molar-refractivity contribution in [2.24, 2.45) is 5.92 Å². The maximum Gasteiger partial charge on any atom is 0.223 e. The summed E-state index contributed by atoms with van der Waals surface area (Å²) in [5, 5.41) is 0. The van der Waals surface area contributed by atoms with E-state index in [1.807, 2.05) is 29.3 Å². The average molecular weight is 261 g/mol. The predicted octanol–water partition coefficient (Wildman–Crippen LogP) is 0.767. The molecule has 0 atom stereocenters. The van der Waals surface area contributed by atoms with Crippen LogP contribution in [0.2, 0.25) is 0 Å². The van der Waals surface area contributed by atoms with Crippen LogP contribution in [0.3, 0.4) is 0 Å². The molecule has 0 aliphatic carbocycles. The van der Waals surface area contributed by atoms with Crippen LogP contribution in [0.15, 0.2) is 24.4 Å². The molecule has 0 radical (unpaired) electrons. The van der Waals surface area contributed by atoms with E-state index in [1.165, 1.54) is 0 Å². The Labute approximate surface area is 113 Å². The Balaban J connectivity index is 1.50. The van der Waals surface area contributed by atoms with E-state index in [4.69, 9.17) is 4.74 Å². The van der Waals surface area contributed by atoms with Crippen LogP contribution >= 0.6 is 0 Å². The number of aromatic nitrogens is 1. The third-order valence-corrected chi connectivity index (χ3v) is 3.78. The number of ether oxygens (including phenoxy) is 1. The molecule has 2 saturated heterocycles. The Kier molecular flexibility index (Phi) is 3.64. The van der Waals surface area contributed by atoms with Gasteiger partial charge in [-0.15, -0.1) is 0 Å². The van der Waals surface area contributed by atoms with Crippen LogP contribution in [-0.4, -0.2) is 55.2 Å². The van der Waals surface area contributed by atoms with Crippen molar-refractivity contribution in [3.63, 3.8) is 0 Å². The van der Waals surface area contributed by atoms with Gasteiger partial charge < -0.3 is 14.5 Å². The molecular weight excluding hydrogens is 242 g/mol. The Morgan fingerprint density at radius 2 is 2.05 bits per heavy atom. The van der Waals surface area contributed by atoms with Gasteiger partial charge in [0.1, 0.15) is 5.82 Å². The zero-order chi connectivity index (χ0) is 13.1. The summed E-state index contributed by atoms with van der Waals surface area (Å²) >= 11 is 0. The highest BCUT2D eigenvalue weighted by Crippen LogP contribution is 2.18. The molecule has 19 heavy (non-hydrogen) atoms. The number of rotatable bonds is 3. The van der Waals surface area contributed by atoms with E-state index in [0.29, 0.717) is 12.3 Å². The van der Waals surface area contributed by atoms with Crippen LogP contribution in [0, 0.1) is 5.92 Å². The van der Waals surface area contributed by atoms with E-state index >= 15 is 0 Å². The fourth-order valence-corrected chi connectivity index (χ4v) is 2.50. The first-order valence-electron chi connectivity index (χ1n) is 6.84. The van der Waals surface area contributed by atoms with Gasteiger partial charge in [-0.3, -0.25) is 4.79 Å². The summed E-state index contributed by atoms with van der Waals surface area (Å²) in [7, 11) is 0. The van der Waals surface area contributed by atoms with Crippen molar-refractivity contribution in [3.8, 4) is 0 Å². The summed E-state index contributed by atoms with van der Waals surface area (Å²) in [6, 6.07) is 5.93. The first-order valence-corrected chi connectivity index (χ1v) is 6.84. The van der Waals surface area contributed by atoms with Gasteiger partial charge in [0, 0.05) is 44.7 Å². The van der Waals surface area contributed by atoms with Crippen molar-refractivity contribution in [1.82, 2.24) is 9.88 Å². The summed E-state index contributed by atoms with van der Waals surface area (Å²) in [6.45, 7) is 4.82. The topological polar surface area (TPSA) is 45.7 Å². The third kappa shape index (κ3) is 2.87. The number of carbonyl (C=O) groups is 1. The molecule has 0 unspecified atom stereocenters. The zero-order valence-corrected chi connectivity index (χ0v) is 11.0. The number of hydrogen-bond acceptors (Lipinski definition) is 4. The van der Waals surface area contributed by atoms with E-state index in [0.717, 1.165) is 45.2 Å². The number of amides is 1. The molecule has 0 bridgehead atoms. The SMILES string of the molecule is O=C(CC1COC1)N1CCN(c2ccccn2)CC1. The second-order valence-electron chi connectivity index (χ2n) is 5.16. The lowest BCUT2D eigenvalue weighted by molar-refractivity contribution is -0.136. The van der Waals surface area contributed by atoms with Crippen LogP contribution in [0.25, 0.3) is 0 Å². The van der Waals surface area contributed by atoms with E-state index in [1.54, 1.807) is 0 Å². The fourth-order valence-electron chi connectivity index (χ4n) is 2.50. The number of pyridine rings is 1. The van der Waals surface area contributed by atoms with Gasteiger partial charge in [-0.2, -0.15) is 0 Å². The van der Waals surface area contributed by atoms with Gasteiger partial charge in [-0.1, -0.05) is 6.07 Å². The fraction of sp³-hybridized carbons (Fsp3) is 0.571. The first kappa shape index (κ1) is 12.4. The van der Waals surface area contributed by atoms with Crippen molar-refractivity contribution in [3.05, 3.63) is 24.4 Å². The van der Waals surface area contributed by atoms with Gasteiger partial charge in [0.25, 0.3) is 0 Å². The lowest BCUT2D eigenvalue weighted by Gasteiger charge is -2.36. The molecule has 2 aliphatic rings. The van der Waals surface area contributed by atoms with Gasteiger partial charge in [-0.05, 0) is 12.1 Å².